The summed E-state index contributed by atoms with van der Waals surface area (Å²) in [7, 11) is -3.86. The fourth-order valence-electron chi connectivity index (χ4n) is 3.29. The van der Waals surface area contributed by atoms with Crippen molar-refractivity contribution in [2.24, 2.45) is 0 Å². The van der Waals surface area contributed by atoms with Gasteiger partial charge in [0.2, 0.25) is 5.91 Å². The Morgan fingerprint density at radius 1 is 1.07 bits per heavy atom. The summed E-state index contributed by atoms with van der Waals surface area (Å²) in [6.45, 7) is 6.32. The predicted molar refractivity (Wildman–Crippen MR) is 117 cm³/mol. The van der Waals surface area contributed by atoms with Crippen LogP contribution in [0.25, 0.3) is 0 Å². The molecule has 162 valence electrons. The van der Waals surface area contributed by atoms with Crippen LogP contribution in [-0.2, 0) is 19.6 Å². The predicted octanol–water partition coefficient (Wildman–Crippen LogP) is 2.03. The number of para-hydroxylation sites is 1. The Hall–Kier alpha value is -2.42. The number of aryl methyl sites for hydroxylation is 1. The zero-order valence-corrected chi connectivity index (χ0v) is 18.1. The van der Waals surface area contributed by atoms with Crippen LogP contribution in [0.1, 0.15) is 12.0 Å². The largest absolute Gasteiger partial charge is 0.379 e. The van der Waals surface area contributed by atoms with Gasteiger partial charge in [-0.2, -0.15) is 0 Å². The highest BCUT2D eigenvalue weighted by atomic mass is 32.2. The van der Waals surface area contributed by atoms with Gasteiger partial charge in [-0.05, 0) is 44.2 Å². The molecular weight excluding hydrogens is 402 g/mol. The Labute approximate surface area is 178 Å². The molecule has 1 aliphatic rings. The molecule has 0 aromatic heterocycles. The monoisotopic (exact) mass is 431 g/mol. The number of carbonyl (C=O) groups is 1. The summed E-state index contributed by atoms with van der Waals surface area (Å²) in [5, 5.41) is 2.85. The molecule has 1 saturated heterocycles. The molecule has 3 rings (SSSR count). The molecule has 2 aromatic rings. The molecule has 7 nitrogen and oxygen atoms in total. The summed E-state index contributed by atoms with van der Waals surface area (Å²) in [6, 6.07) is 15.4. The van der Waals surface area contributed by atoms with Gasteiger partial charge in [-0.15, -0.1) is 0 Å². The number of nitrogens with zero attached hydrogens (tertiary/aromatic N) is 2. The first-order chi connectivity index (χ1) is 14.5. The second kappa shape index (κ2) is 10.6. The molecule has 8 heteroatoms. The van der Waals surface area contributed by atoms with Crippen LogP contribution in [0.4, 0.5) is 5.69 Å². The van der Waals surface area contributed by atoms with Crippen LogP contribution in [0.2, 0.25) is 0 Å². The molecular formula is C22H29N3O4S. The molecule has 0 spiro atoms. The number of ether oxygens (including phenoxy) is 1. The summed E-state index contributed by atoms with van der Waals surface area (Å²) in [5.74, 6) is -0.323. The lowest BCUT2D eigenvalue weighted by atomic mass is 10.2. The van der Waals surface area contributed by atoms with Crippen LogP contribution in [-0.4, -0.2) is 65.2 Å². The maximum absolute atomic E-state index is 13.2. The van der Waals surface area contributed by atoms with Gasteiger partial charge >= 0.3 is 0 Å². The highest BCUT2D eigenvalue weighted by Gasteiger charge is 2.27. The molecule has 0 atom stereocenters. The Morgan fingerprint density at radius 2 is 1.73 bits per heavy atom. The minimum atomic E-state index is -3.86. The van der Waals surface area contributed by atoms with Crippen LogP contribution in [0.15, 0.2) is 59.5 Å². The van der Waals surface area contributed by atoms with E-state index in [2.05, 4.69) is 10.2 Å². The van der Waals surface area contributed by atoms with Gasteiger partial charge in [0.05, 0.1) is 23.8 Å². The standard InChI is InChI=1S/C22H29N3O4S/c1-19-8-10-21(11-9-19)30(27,28)25(20-6-3-2-4-7-20)18-22(26)23-12-5-13-24-14-16-29-17-15-24/h2-4,6-11H,5,12-18H2,1H3,(H,23,26). The lowest BCUT2D eigenvalue weighted by molar-refractivity contribution is -0.119. The van der Waals surface area contributed by atoms with E-state index in [-0.39, 0.29) is 17.3 Å². The van der Waals surface area contributed by atoms with Crippen LogP contribution in [0.3, 0.4) is 0 Å². The van der Waals surface area contributed by atoms with Crippen molar-refractivity contribution >= 4 is 21.6 Å². The number of anilines is 1. The fourth-order valence-corrected chi connectivity index (χ4v) is 4.71. The van der Waals surface area contributed by atoms with Crippen molar-refractivity contribution in [3.8, 4) is 0 Å². The molecule has 1 N–H and O–H groups in total. The number of benzene rings is 2. The highest BCUT2D eigenvalue weighted by molar-refractivity contribution is 7.92. The molecule has 1 heterocycles. The molecule has 0 radical (unpaired) electrons. The van der Waals surface area contributed by atoms with Crippen LogP contribution in [0.5, 0.6) is 0 Å². The van der Waals surface area contributed by atoms with E-state index in [0.29, 0.717) is 12.2 Å². The number of rotatable bonds is 9. The molecule has 0 saturated carbocycles. The third kappa shape index (κ3) is 6.04. The van der Waals surface area contributed by atoms with E-state index in [0.717, 1.165) is 49.1 Å². The maximum atomic E-state index is 13.2. The van der Waals surface area contributed by atoms with Gasteiger partial charge in [0.1, 0.15) is 6.54 Å². The quantitative estimate of drug-likeness (QED) is 0.615. The third-order valence-electron chi connectivity index (χ3n) is 5.02. The smallest absolute Gasteiger partial charge is 0.264 e. The van der Waals surface area contributed by atoms with Gasteiger partial charge in [0.15, 0.2) is 0 Å². The van der Waals surface area contributed by atoms with Gasteiger partial charge in [-0.25, -0.2) is 8.42 Å². The van der Waals surface area contributed by atoms with E-state index < -0.39 is 10.0 Å². The summed E-state index contributed by atoms with van der Waals surface area (Å²) >= 11 is 0. The lowest BCUT2D eigenvalue weighted by Crippen LogP contribution is -2.42. The van der Waals surface area contributed by atoms with Crippen molar-refractivity contribution in [3.63, 3.8) is 0 Å². The van der Waals surface area contributed by atoms with E-state index in [9.17, 15) is 13.2 Å². The average Bonchev–Trinajstić information content (AvgIpc) is 2.76. The van der Waals surface area contributed by atoms with Crippen molar-refractivity contribution < 1.29 is 17.9 Å². The van der Waals surface area contributed by atoms with E-state index in [4.69, 9.17) is 4.74 Å². The Balaban J connectivity index is 1.64. The number of sulfonamides is 1. The zero-order chi connectivity index (χ0) is 21.4. The van der Waals surface area contributed by atoms with E-state index in [1.165, 1.54) is 0 Å². The van der Waals surface area contributed by atoms with Crippen molar-refractivity contribution in [1.29, 1.82) is 0 Å². The molecule has 30 heavy (non-hydrogen) atoms. The Kier molecular flexibility index (Phi) is 7.84. The van der Waals surface area contributed by atoms with Crippen molar-refractivity contribution in [1.82, 2.24) is 10.2 Å². The first kappa shape index (κ1) is 22.3. The summed E-state index contributed by atoms with van der Waals surface area (Å²) in [6.07, 6.45) is 0.807. The van der Waals surface area contributed by atoms with Crippen molar-refractivity contribution in [2.75, 3.05) is 50.2 Å². The number of hydrogen-bond acceptors (Lipinski definition) is 5. The number of amides is 1. The maximum Gasteiger partial charge on any atom is 0.264 e. The van der Waals surface area contributed by atoms with Gasteiger partial charge in [0.25, 0.3) is 10.0 Å². The number of carbonyl (C=O) groups excluding carboxylic acids is 1. The molecule has 2 aromatic carbocycles. The summed E-state index contributed by atoms with van der Waals surface area (Å²) in [4.78, 5) is 15.0. The van der Waals surface area contributed by atoms with Crippen molar-refractivity contribution in [3.05, 3.63) is 60.2 Å². The number of morpholine rings is 1. The lowest BCUT2D eigenvalue weighted by Gasteiger charge is -2.26. The zero-order valence-electron chi connectivity index (χ0n) is 17.3. The summed E-state index contributed by atoms with van der Waals surface area (Å²) in [5.41, 5.74) is 1.43. The first-order valence-corrected chi connectivity index (χ1v) is 11.6. The normalized spacial score (nSPS) is 15.0. The number of hydrogen-bond donors (Lipinski definition) is 1. The topological polar surface area (TPSA) is 79.0 Å². The highest BCUT2D eigenvalue weighted by Crippen LogP contribution is 2.23. The Bertz CT molecular complexity index is 911. The van der Waals surface area contributed by atoms with Crippen LogP contribution < -0.4 is 9.62 Å². The van der Waals surface area contributed by atoms with Gasteiger partial charge in [-0.3, -0.25) is 14.0 Å². The molecule has 1 fully saturated rings. The summed E-state index contributed by atoms with van der Waals surface area (Å²) < 4.78 is 33.0. The second-order valence-electron chi connectivity index (χ2n) is 7.32. The van der Waals surface area contributed by atoms with Crippen molar-refractivity contribution in [2.45, 2.75) is 18.2 Å². The van der Waals surface area contributed by atoms with Crippen LogP contribution >= 0.6 is 0 Å². The van der Waals surface area contributed by atoms with E-state index in [1.54, 1.807) is 48.5 Å². The third-order valence-corrected chi connectivity index (χ3v) is 6.81. The molecule has 0 unspecified atom stereocenters. The fraction of sp³-hybridized carbons (Fsp3) is 0.409. The van der Waals surface area contributed by atoms with E-state index in [1.807, 2.05) is 13.0 Å². The van der Waals surface area contributed by atoms with Gasteiger partial charge < -0.3 is 10.1 Å². The van der Waals surface area contributed by atoms with Crippen LogP contribution in [0, 0.1) is 6.92 Å². The molecule has 1 amide bonds. The minimum absolute atomic E-state index is 0.164. The SMILES string of the molecule is Cc1ccc(S(=O)(=O)N(CC(=O)NCCCN2CCOCC2)c2ccccc2)cc1. The number of nitrogens with one attached hydrogen (secondary N) is 1. The Morgan fingerprint density at radius 3 is 2.40 bits per heavy atom. The van der Waals surface area contributed by atoms with Gasteiger partial charge in [-0.1, -0.05) is 35.9 Å². The first-order valence-electron chi connectivity index (χ1n) is 10.2. The molecule has 0 aliphatic carbocycles. The van der Waals surface area contributed by atoms with Gasteiger partial charge in [0, 0.05) is 19.6 Å². The molecule has 1 aliphatic heterocycles. The second-order valence-corrected chi connectivity index (χ2v) is 9.18. The minimum Gasteiger partial charge on any atom is -0.379 e. The van der Waals surface area contributed by atoms with E-state index >= 15 is 0 Å². The molecule has 0 bridgehead atoms. The average molecular weight is 432 g/mol.